The number of likely N-dealkylation sites (N-methyl/N-ethyl adjacent to an activating group) is 1. The summed E-state index contributed by atoms with van der Waals surface area (Å²) in [7, 11) is 0. The molecule has 0 unspecified atom stereocenters. The van der Waals surface area contributed by atoms with E-state index in [1.807, 2.05) is 55.6 Å². The quantitative estimate of drug-likeness (QED) is 0.255. The van der Waals surface area contributed by atoms with Crippen molar-refractivity contribution in [2.45, 2.75) is 13.5 Å². The molecule has 2 heterocycles. The molecule has 1 aromatic heterocycles. The second-order valence-corrected chi connectivity index (χ2v) is 10.2. The van der Waals surface area contributed by atoms with Gasteiger partial charge in [-0.15, -0.1) is 0 Å². The number of carboxylic acids is 1. The number of thioether (sulfide) groups is 1. The molecule has 0 atom stereocenters. The Morgan fingerprint density at radius 3 is 2.65 bits per heavy atom. The number of carbonyl (C=O) groups is 2. The fourth-order valence-electron chi connectivity index (χ4n) is 4.18. The summed E-state index contributed by atoms with van der Waals surface area (Å²) in [6, 6.07) is 19.8. The van der Waals surface area contributed by atoms with Crippen LogP contribution in [0.4, 0.5) is 5.69 Å². The Morgan fingerprint density at radius 2 is 1.89 bits per heavy atom. The van der Waals surface area contributed by atoms with E-state index in [4.69, 9.17) is 23.2 Å². The molecule has 1 N–H and O–H groups in total. The topological polar surface area (TPSA) is 74.9 Å². The van der Waals surface area contributed by atoms with E-state index >= 15 is 0 Å². The first-order valence-electron chi connectivity index (χ1n) is 11.5. The molecule has 1 aliphatic heterocycles. The SMILES string of the molecule is CCN1C(=O)/C(=C/c2cn(Cc3ccc(Cl)cc3Cl)c3ccccc23)SC1=Nc1cccc(C(=O)O)c1. The highest BCUT2D eigenvalue weighted by Crippen LogP contribution is 2.36. The standard InChI is InChI=1S/C28H21Cl2N3O3S/c1-2-33-26(34)25(37-28(33)31-21-7-5-6-17(12-21)27(35)36)13-19-16-32(24-9-4-3-8-22(19)24)15-18-10-11-20(29)14-23(18)30/h3-14,16H,2,15H2,1H3,(H,35,36)/b25-13-,31-28?. The van der Waals surface area contributed by atoms with E-state index < -0.39 is 5.97 Å². The predicted molar refractivity (Wildman–Crippen MR) is 151 cm³/mol. The van der Waals surface area contributed by atoms with Crippen LogP contribution in [0.15, 0.2) is 82.8 Å². The number of halogens is 2. The van der Waals surface area contributed by atoms with Gasteiger partial charge < -0.3 is 9.67 Å². The van der Waals surface area contributed by atoms with Gasteiger partial charge in [-0.2, -0.15) is 0 Å². The minimum Gasteiger partial charge on any atom is -0.478 e. The van der Waals surface area contributed by atoms with Crippen molar-refractivity contribution in [1.82, 2.24) is 9.47 Å². The molecule has 4 aromatic rings. The molecule has 0 saturated carbocycles. The monoisotopic (exact) mass is 549 g/mol. The van der Waals surface area contributed by atoms with Crippen LogP contribution in [-0.2, 0) is 11.3 Å². The number of fused-ring (bicyclic) bond motifs is 1. The summed E-state index contributed by atoms with van der Waals surface area (Å²) in [5, 5.41) is 12.0. The number of aliphatic imine (C=N–C) groups is 1. The molecule has 0 spiro atoms. The van der Waals surface area contributed by atoms with Gasteiger partial charge in [0, 0.05) is 45.8 Å². The van der Waals surface area contributed by atoms with Crippen molar-refractivity contribution in [3.05, 3.63) is 105 Å². The van der Waals surface area contributed by atoms with E-state index in [1.165, 1.54) is 23.9 Å². The van der Waals surface area contributed by atoms with Crippen molar-refractivity contribution < 1.29 is 14.7 Å². The maximum absolute atomic E-state index is 13.3. The third-order valence-electron chi connectivity index (χ3n) is 5.98. The lowest BCUT2D eigenvalue weighted by Gasteiger charge is -2.12. The Balaban J connectivity index is 1.51. The number of rotatable bonds is 6. The second-order valence-electron chi connectivity index (χ2n) is 8.38. The van der Waals surface area contributed by atoms with Crippen molar-refractivity contribution in [3.8, 4) is 0 Å². The number of carbonyl (C=O) groups excluding carboxylic acids is 1. The highest BCUT2D eigenvalue weighted by atomic mass is 35.5. The van der Waals surface area contributed by atoms with E-state index in [9.17, 15) is 14.7 Å². The first kappa shape index (κ1) is 25.1. The van der Waals surface area contributed by atoms with E-state index in [0.29, 0.717) is 38.9 Å². The highest BCUT2D eigenvalue weighted by Gasteiger charge is 2.32. The Morgan fingerprint density at radius 1 is 1.08 bits per heavy atom. The number of hydrogen-bond acceptors (Lipinski definition) is 4. The fourth-order valence-corrected chi connectivity index (χ4v) is 5.71. The zero-order valence-corrected chi connectivity index (χ0v) is 22.0. The highest BCUT2D eigenvalue weighted by molar-refractivity contribution is 8.18. The van der Waals surface area contributed by atoms with E-state index in [1.54, 1.807) is 23.1 Å². The number of hydrogen-bond donors (Lipinski definition) is 1. The van der Waals surface area contributed by atoms with Crippen LogP contribution in [0.5, 0.6) is 0 Å². The minimum atomic E-state index is -1.03. The Hall–Kier alpha value is -3.52. The van der Waals surface area contributed by atoms with Gasteiger partial charge in [0.1, 0.15) is 0 Å². The van der Waals surface area contributed by atoms with Gasteiger partial charge in [-0.05, 0) is 66.7 Å². The van der Waals surface area contributed by atoms with Crippen LogP contribution in [0, 0.1) is 0 Å². The largest absolute Gasteiger partial charge is 0.478 e. The summed E-state index contributed by atoms with van der Waals surface area (Å²) < 4.78 is 2.10. The number of amidine groups is 1. The molecule has 37 heavy (non-hydrogen) atoms. The number of aromatic carboxylic acids is 1. The summed E-state index contributed by atoms with van der Waals surface area (Å²) in [6.45, 7) is 2.87. The van der Waals surface area contributed by atoms with E-state index in [2.05, 4.69) is 9.56 Å². The number of benzene rings is 3. The van der Waals surface area contributed by atoms with Gasteiger partial charge in [-0.25, -0.2) is 9.79 Å². The smallest absolute Gasteiger partial charge is 0.335 e. The van der Waals surface area contributed by atoms with Gasteiger partial charge in [0.05, 0.1) is 16.2 Å². The minimum absolute atomic E-state index is 0.141. The van der Waals surface area contributed by atoms with Crippen molar-refractivity contribution >= 4 is 74.7 Å². The average Bonchev–Trinajstić information content (AvgIpc) is 3.37. The normalized spacial score (nSPS) is 15.9. The summed E-state index contributed by atoms with van der Waals surface area (Å²) >= 11 is 13.8. The second kappa shape index (κ2) is 10.5. The van der Waals surface area contributed by atoms with E-state index in [0.717, 1.165) is 22.0 Å². The van der Waals surface area contributed by atoms with Gasteiger partial charge in [0.25, 0.3) is 5.91 Å². The average molecular weight is 550 g/mol. The Labute approximate surface area is 227 Å². The zero-order chi connectivity index (χ0) is 26.1. The molecule has 9 heteroatoms. The molecular formula is C28H21Cl2N3O3S. The van der Waals surface area contributed by atoms with Crippen LogP contribution in [0.25, 0.3) is 17.0 Å². The summed E-state index contributed by atoms with van der Waals surface area (Å²) in [5.41, 5.74) is 3.48. The van der Waals surface area contributed by atoms with Gasteiger partial charge in [0.15, 0.2) is 5.17 Å². The van der Waals surface area contributed by atoms with Crippen LogP contribution in [0.1, 0.15) is 28.4 Å². The molecular weight excluding hydrogens is 529 g/mol. The van der Waals surface area contributed by atoms with Crippen LogP contribution in [0.2, 0.25) is 10.0 Å². The molecule has 5 rings (SSSR count). The molecule has 0 aliphatic carbocycles. The first-order chi connectivity index (χ1) is 17.8. The summed E-state index contributed by atoms with van der Waals surface area (Å²) in [5.74, 6) is -1.17. The van der Waals surface area contributed by atoms with Crippen molar-refractivity contribution in [3.63, 3.8) is 0 Å². The van der Waals surface area contributed by atoms with Crippen molar-refractivity contribution in [2.24, 2.45) is 4.99 Å². The van der Waals surface area contributed by atoms with Crippen LogP contribution in [0.3, 0.4) is 0 Å². The maximum Gasteiger partial charge on any atom is 0.335 e. The van der Waals surface area contributed by atoms with Crippen LogP contribution < -0.4 is 0 Å². The zero-order valence-electron chi connectivity index (χ0n) is 19.7. The van der Waals surface area contributed by atoms with Gasteiger partial charge >= 0.3 is 5.97 Å². The fraction of sp³-hybridized carbons (Fsp3) is 0.107. The molecule has 0 bridgehead atoms. The lowest BCUT2D eigenvalue weighted by atomic mass is 10.1. The van der Waals surface area contributed by atoms with Crippen LogP contribution >= 0.6 is 35.0 Å². The molecule has 1 saturated heterocycles. The number of carboxylic acid groups (broad SMARTS) is 1. The maximum atomic E-state index is 13.3. The molecule has 1 fully saturated rings. The van der Waals surface area contributed by atoms with Crippen molar-refractivity contribution in [1.29, 1.82) is 0 Å². The van der Waals surface area contributed by atoms with Crippen LogP contribution in [-0.4, -0.2) is 38.2 Å². The predicted octanol–water partition coefficient (Wildman–Crippen LogP) is 7.32. The number of nitrogens with zero attached hydrogens (tertiary/aromatic N) is 3. The molecule has 186 valence electrons. The summed E-state index contributed by atoms with van der Waals surface area (Å²) in [4.78, 5) is 31.3. The Bertz CT molecular complexity index is 1610. The van der Waals surface area contributed by atoms with Gasteiger partial charge in [0.2, 0.25) is 0 Å². The number of amides is 1. The molecule has 1 aliphatic rings. The molecule has 1 amide bonds. The first-order valence-corrected chi connectivity index (χ1v) is 13.1. The lowest BCUT2D eigenvalue weighted by molar-refractivity contribution is -0.122. The molecule has 3 aromatic carbocycles. The number of aromatic nitrogens is 1. The number of para-hydroxylation sites is 1. The molecule has 6 nitrogen and oxygen atoms in total. The lowest BCUT2D eigenvalue weighted by Crippen LogP contribution is -2.28. The molecule has 0 radical (unpaired) electrons. The summed E-state index contributed by atoms with van der Waals surface area (Å²) in [6.07, 6.45) is 3.90. The van der Waals surface area contributed by atoms with Crippen molar-refractivity contribution in [2.75, 3.05) is 6.54 Å². The Kier molecular flexibility index (Phi) is 7.11. The van der Waals surface area contributed by atoms with Gasteiger partial charge in [-0.1, -0.05) is 53.5 Å². The van der Waals surface area contributed by atoms with Gasteiger partial charge in [-0.3, -0.25) is 9.69 Å². The third kappa shape index (κ3) is 5.16. The van der Waals surface area contributed by atoms with E-state index in [-0.39, 0.29) is 11.5 Å². The third-order valence-corrected chi connectivity index (χ3v) is 7.58.